The highest BCUT2D eigenvalue weighted by Crippen LogP contribution is 2.32. The first kappa shape index (κ1) is 23.9. The largest absolute Gasteiger partial charge is 0.362 e. The zero-order valence-corrected chi connectivity index (χ0v) is 21.6. The zero-order valence-electron chi connectivity index (χ0n) is 20.8. The van der Waals surface area contributed by atoms with E-state index in [1.54, 1.807) is 29.1 Å². The summed E-state index contributed by atoms with van der Waals surface area (Å²) in [6.45, 7) is 8.43. The number of hydrogen-bond donors (Lipinski definition) is 0. The molecule has 184 valence electrons. The van der Waals surface area contributed by atoms with Gasteiger partial charge in [-0.2, -0.15) is 10.5 Å². The molecule has 0 radical (unpaired) electrons. The summed E-state index contributed by atoms with van der Waals surface area (Å²) < 4.78 is 3.04. The average Bonchev–Trinajstić information content (AvgIpc) is 3.47. The van der Waals surface area contributed by atoms with Gasteiger partial charge in [-0.05, 0) is 32.4 Å². The van der Waals surface area contributed by atoms with Crippen LogP contribution in [-0.2, 0) is 13.5 Å². The van der Waals surface area contributed by atoms with Crippen LogP contribution in [0.3, 0.4) is 0 Å². The van der Waals surface area contributed by atoms with E-state index in [0.717, 1.165) is 40.6 Å². The lowest BCUT2D eigenvalue weighted by molar-refractivity contribution is 0.166. The molecule has 36 heavy (non-hydrogen) atoms. The van der Waals surface area contributed by atoms with Crippen molar-refractivity contribution < 1.29 is 0 Å². The van der Waals surface area contributed by atoms with Gasteiger partial charge in [0.2, 0.25) is 0 Å². The first-order chi connectivity index (χ1) is 17.4. The molecule has 11 heteroatoms. The predicted molar refractivity (Wildman–Crippen MR) is 138 cm³/mol. The molecule has 5 rings (SSSR count). The van der Waals surface area contributed by atoms with E-state index in [1.165, 1.54) is 4.68 Å². The van der Waals surface area contributed by atoms with Gasteiger partial charge in [0.1, 0.15) is 27.7 Å². The summed E-state index contributed by atoms with van der Waals surface area (Å²) in [5.41, 5.74) is 3.33. The van der Waals surface area contributed by atoms with Crippen LogP contribution in [0.25, 0.3) is 16.0 Å². The Labute approximate surface area is 212 Å². The molecule has 5 heterocycles. The Morgan fingerprint density at radius 2 is 2.03 bits per heavy atom. The van der Waals surface area contributed by atoms with Gasteiger partial charge in [-0.1, -0.05) is 18.3 Å². The van der Waals surface area contributed by atoms with Gasteiger partial charge in [0.25, 0.3) is 5.56 Å². The smallest absolute Gasteiger partial charge is 0.285 e. The van der Waals surface area contributed by atoms with Crippen LogP contribution in [0.5, 0.6) is 0 Å². The number of aromatic nitrogens is 5. The lowest BCUT2D eigenvalue weighted by Crippen LogP contribution is -2.54. The normalized spacial score (nSPS) is 17.4. The molecule has 4 aromatic rings. The van der Waals surface area contributed by atoms with Crippen molar-refractivity contribution in [3.63, 3.8) is 0 Å². The Bertz CT molecular complexity index is 1600. The van der Waals surface area contributed by atoms with E-state index in [1.807, 2.05) is 13.0 Å². The molecule has 0 aromatic carbocycles. The summed E-state index contributed by atoms with van der Waals surface area (Å²) in [4.78, 5) is 32.7. The van der Waals surface area contributed by atoms with Gasteiger partial charge in [-0.25, -0.2) is 24.1 Å². The van der Waals surface area contributed by atoms with Crippen molar-refractivity contribution in [1.82, 2.24) is 29.0 Å². The van der Waals surface area contributed by atoms with Crippen molar-refractivity contribution in [3.05, 3.63) is 50.6 Å². The topological polar surface area (TPSA) is 119 Å². The first-order valence-corrected chi connectivity index (χ1v) is 12.8. The molecule has 0 N–H and O–H groups in total. The molecule has 1 aliphatic heterocycles. The minimum Gasteiger partial charge on any atom is -0.362 e. The van der Waals surface area contributed by atoms with Crippen LogP contribution in [0.15, 0.2) is 23.1 Å². The number of piperazine rings is 1. The molecule has 2 unspecified atom stereocenters. The second-order valence-corrected chi connectivity index (χ2v) is 10.3. The number of anilines is 1. The maximum absolute atomic E-state index is 13.1. The van der Waals surface area contributed by atoms with Crippen molar-refractivity contribution in [2.45, 2.75) is 45.7 Å². The quantitative estimate of drug-likeness (QED) is 0.409. The summed E-state index contributed by atoms with van der Waals surface area (Å²) in [6, 6.07) is 8.54. The number of nitrogens with zero attached hydrogens (tertiary/aromatic N) is 9. The average molecular weight is 502 g/mol. The third-order valence-electron chi connectivity index (χ3n) is 7.02. The molecule has 0 aliphatic carbocycles. The van der Waals surface area contributed by atoms with E-state index in [-0.39, 0.29) is 29.6 Å². The third kappa shape index (κ3) is 3.91. The standard InChI is InChI=1S/C25H27N9OS/c1-5-18-14-32(15(2)20-6-7-21-24(30-20)36-16(3)28-21)10-11-33(18)22-19(12-27)25(35)31(4)34-13-17(8-9-26)29-23(22)34/h6-7,13,15,18H,5,8,10-11,14H2,1-4H3. The highest BCUT2D eigenvalue weighted by Gasteiger charge is 2.33. The molecule has 1 saturated heterocycles. The number of rotatable bonds is 5. The summed E-state index contributed by atoms with van der Waals surface area (Å²) in [7, 11) is 1.61. The van der Waals surface area contributed by atoms with E-state index in [2.05, 4.69) is 51.8 Å². The Balaban J connectivity index is 1.50. The van der Waals surface area contributed by atoms with Crippen LogP contribution in [0.1, 0.15) is 48.3 Å². The van der Waals surface area contributed by atoms with Crippen LogP contribution in [0.2, 0.25) is 0 Å². The molecule has 4 aromatic heterocycles. The van der Waals surface area contributed by atoms with Gasteiger partial charge in [-0.3, -0.25) is 9.69 Å². The molecular weight excluding hydrogens is 474 g/mol. The third-order valence-corrected chi connectivity index (χ3v) is 7.90. The molecule has 0 saturated carbocycles. The molecule has 1 fully saturated rings. The number of imidazole rings is 1. The van der Waals surface area contributed by atoms with Crippen LogP contribution in [-0.4, -0.2) is 54.7 Å². The number of thiazole rings is 1. The number of hydrogen-bond acceptors (Lipinski definition) is 9. The monoisotopic (exact) mass is 501 g/mol. The predicted octanol–water partition coefficient (Wildman–Crippen LogP) is 2.95. The van der Waals surface area contributed by atoms with Crippen molar-refractivity contribution >= 4 is 33.0 Å². The van der Waals surface area contributed by atoms with Crippen LogP contribution in [0.4, 0.5) is 5.69 Å². The summed E-state index contributed by atoms with van der Waals surface area (Å²) in [5, 5.41) is 20.1. The van der Waals surface area contributed by atoms with Gasteiger partial charge in [0.15, 0.2) is 5.65 Å². The highest BCUT2D eigenvalue weighted by atomic mass is 32.1. The van der Waals surface area contributed by atoms with Crippen molar-refractivity contribution in [3.8, 4) is 12.1 Å². The molecule has 10 nitrogen and oxygen atoms in total. The first-order valence-electron chi connectivity index (χ1n) is 12.0. The fourth-order valence-corrected chi connectivity index (χ4v) is 5.85. The van der Waals surface area contributed by atoms with Crippen LogP contribution in [0, 0.1) is 29.6 Å². The van der Waals surface area contributed by atoms with E-state index in [4.69, 9.17) is 10.2 Å². The Hall–Kier alpha value is -3.80. The molecule has 1 aliphatic rings. The summed E-state index contributed by atoms with van der Waals surface area (Å²) >= 11 is 1.61. The van der Waals surface area contributed by atoms with Gasteiger partial charge < -0.3 is 4.90 Å². The number of aryl methyl sites for hydroxylation is 2. The van der Waals surface area contributed by atoms with E-state index < -0.39 is 0 Å². The van der Waals surface area contributed by atoms with E-state index >= 15 is 0 Å². The minimum absolute atomic E-state index is 0.0784. The second kappa shape index (κ2) is 9.34. The molecule has 0 amide bonds. The fraction of sp³-hybridized carbons (Fsp3) is 0.440. The zero-order chi connectivity index (χ0) is 25.6. The lowest BCUT2D eigenvalue weighted by Gasteiger charge is -2.44. The SMILES string of the molecule is CCC1CN(C(C)c2ccc3nc(C)sc3n2)CCN1c1c(C#N)c(=O)n(C)n2cc(CC#N)nc12. The van der Waals surface area contributed by atoms with Crippen molar-refractivity contribution in [1.29, 1.82) is 10.5 Å². The number of fused-ring (bicyclic) bond motifs is 2. The van der Waals surface area contributed by atoms with Gasteiger partial charge in [-0.15, -0.1) is 0 Å². The molecule has 2 atom stereocenters. The van der Waals surface area contributed by atoms with Crippen molar-refractivity contribution in [2.24, 2.45) is 7.05 Å². The van der Waals surface area contributed by atoms with E-state index in [0.29, 0.717) is 23.6 Å². The maximum Gasteiger partial charge on any atom is 0.285 e. The van der Waals surface area contributed by atoms with Crippen molar-refractivity contribution in [2.75, 3.05) is 24.5 Å². The fourth-order valence-electron chi connectivity index (χ4n) is 5.05. The van der Waals surface area contributed by atoms with E-state index in [9.17, 15) is 10.1 Å². The molecular formula is C25H27N9OS. The maximum atomic E-state index is 13.1. The number of pyridine rings is 1. The minimum atomic E-state index is -0.371. The Morgan fingerprint density at radius 1 is 1.22 bits per heavy atom. The lowest BCUT2D eigenvalue weighted by atomic mass is 10.0. The van der Waals surface area contributed by atoms with Gasteiger partial charge >= 0.3 is 0 Å². The molecule has 0 spiro atoms. The van der Waals surface area contributed by atoms with Crippen LogP contribution < -0.4 is 10.5 Å². The Morgan fingerprint density at radius 3 is 2.75 bits per heavy atom. The second-order valence-electron chi connectivity index (χ2n) is 9.12. The Kier molecular flexibility index (Phi) is 6.20. The summed E-state index contributed by atoms with van der Waals surface area (Å²) in [5.74, 6) is 0. The van der Waals surface area contributed by atoms with Crippen LogP contribution >= 0.6 is 11.3 Å². The summed E-state index contributed by atoms with van der Waals surface area (Å²) in [6.07, 6.45) is 2.67. The molecule has 0 bridgehead atoms. The van der Waals surface area contributed by atoms with Gasteiger partial charge in [0, 0.05) is 38.8 Å². The number of nitriles is 2. The van der Waals surface area contributed by atoms with Gasteiger partial charge in [0.05, 0.1) is 35.1 Å². The highest BCUT2D eigenvalue weighted by molar-refractivity contribution is 7.18.